The molecule has 0 aromatic carbocycles. The number of rotatable bonds is 6. The molecule has 1 aliphatic heterocycles. The summed E-state index contributed by atoms with van der Waals surface area (Å²) in [5, 5.41) is 3.51. The molecule has 1 atom stereocenters. The minimum atomic E-state index is 0.330. The molecule has 1 N–H and O–H groups in total. The van der Waals surface area contributed by atoms with Gasteiger partial charge in [-0.05, 0) is 32.2 Å². The number of amides is 1. The van der Waals surface area contributed by atoms with Crippen molar-refractivity contribution in [1.29, 1.82) is 0 Å². The van der Waals surface area contributed by atoms with Crippen molar-refractivity contribution < 1.29 is 4.79 Å². The van der Waals surface area contributed by atoms with Gasteiger partial charge in [0.05, 0.1) is 0 Å². The van der Waals surface area contributed by atoms with Crippen molar-refractivity contribution in [3.63, 3.8) is 0 Å². The summed E-state index contributed by atoms with van der Waals surface area (Å²) in [6.07, 6.45) is 6.53. The second-order valence-corrected chi connectivity index (χ2v) is 4.74. The lowest BCUT2D eigenvalue weighted by molar-refractivity contribution is -0.131. The Labute approximate surface area is 99.6 Å². The first-order valence-electron chi connectivity index (χ1n) is 6.79. The molecule has 0 aromatic heterocycles. The van der Waals surface area contributed by atoms with Gasteiger partial charge < -0.3 is 10.2 Å². The molecule has 16 heavy (non-hydrogen) atoms. The molecule has 1 aliphatic rings. The molecule has 1 unspecified atom stereocenters. The van der Waals surface area contributed by atoms with Crippen LogP contribution in [0.2, 0.25) is 0 Å². The zero-order valence-electron chi connectivity index (χ0n) is 10.8. The van der Waals surface area contributed by atoms with Gasteiger partial charge in [0.25, 0.3) is 0 Å². The van der Waals surface area contributed by atoms with E-state index in [1.165, 1.54) is 19.3 Å². The Balaban J connectivity index is 2.39. The molecule has 0 bridgehead atoms. The average molecular weight is 226 g/mol. The molecule has 1 heterocycles. The first kappa shape index (κ1) is 13.5. The van der Waals surface area contributed by atoms with Gasteiger partial charge >= 0.3 is 0 Å². The van der Waals surface area contributed by atoms with Gasteiger partial charge in [0.15, 0.2) is 0 Å². The predicted molar refractivity (Wildman–Crippen MR) is 67.4 cm³/mol. The summed E-state index contributed by atoms with van der Waals surface area (Å²) >= 11 is 0. The van der Waals surface area contributed by atoms with E-state index >= 15 is 0 Å². The van der Waals surface area contributed by atoms with Gasteiger partial charge in [-0.25, -0.2) is 0 Å². The highest BCUT2D eigenvalue weighted by Crippen LogP contribution is 2.10. The van der Waals surface area contributed by atoms with E-state index in [1.807, 2.05) is 4.90 Å². The third-order valence-electron chi connectivity index (χ3n) is 3.16. The minimum Gasteiger partial charge on any atom is -0.341 e. The van der Waals surface area contributed by atoms with Gasteiger partial charge in [-0.3, -0.25) is 4.79 Å². The summed E-state index contributed by atoms with van der Waals surface area (Å²) in [7, 11) is 0. The van der Waals surface area contributed by atoms with Gasteiger partial charge in [0.1, 0.15) is 0 Å². The SMILES string of the molecule is CCCC(=O)N(CCC)CC1CCCCN1. The fourth-order valence-corrected chi connectivity index (χ4v) is 2.31. The monoisotopic (exact) mass is 226 g/mol. The van der Waals surface area contributed by atoms with E-state index in [0.717, 1.165) is 32.5 Å². The fraction of sp³-hybridized carbons (Fsp3) is 0.923. The lowest BCUT2D eigenvalue weighted by atomic mass is 10.0. The van der Waals surface area contributed by atoms with Crippen molar-refractivity contribution in [3.05, 3.63) is 0 Å². The maximum Gasteiger partial charge on any atom is 0.222 e. The van der Waals surface area contributed by atoms with Gasteiger partial charge in [0.2, 0.25) is 5.91 Å². The summed E-state index contributed by atoms with van der Waals surface area (Å²) in [5.41, 5.74) is 0. The van der Waals surface area contributed by atoms with E-state index in [1.54, 1.807) is 0 Å². The van der Waals surface area contributed by atoms with Crippen molar-refractivity contribution in [2.75, 3.05) is 19.6 Å². The minimum absolute atomic E-state index is 0.330. The molecular weight excluding hydrogens is 200 g/mol. The molecule has 0 aromatic rings. The van der Waals surface area contributed by atoms with Crippen LogP contribution in [-0.2, 0) is 4.79 Å². The molecule has 0 saturated carbocycles. The highest BCUT2D eigenvalue weighted by Gasteiger charge is 2.19. The van der Waals surface area contributed by atoms with Crippen LogP contribution in [0.1, 0.15) is 52.4 Å². The third kappa shape index (κ3) is 4.52. The Kier molecular flexibility index (Phi) is 6.46. The highest BCUT2D eigenvalue weighted by molar-refractivity contribution is 5.76. The van der Waals surface area contributed by atoms with Crippen LogP contribution >= 0.6 is 0 Å². The lowest BCUT2D eigenvalue weighted by Crippen LogP contribution is -2.46. The molecule has 0 radical (unpaired) electrons. The first-order chi connectivity index (χ1) is 7.77. The van der Waals surface area contributed by atoms with E-state index in [-0.39, 0.29) is 0 Å². The molecule has 94 valence electrons. The van der Waals surface area contributed by atoms with Crippen LogP contribution < -0.4 is 5.32 Å². The van der Waals surface area contributed by atoms with Crippen molar-refractivity contribution in [2.45, 2.75) is 58.4 Å². The standard InChI is InChI=1S/C13H26N2O/c1-3-7-13(16)15(10-4-2)11-12-8-5-6-9-14-12/h12,14H,3-11H2,1-2H3. The fourth-order valence-electron chi connectivity index (χ4n) is 2.31. The van der Waals surface area contributed by atoms with Gasteiger partial charge in [-0.1, -0.05) is 20.3 Å². The van der Waals surface area contributed by atoms with E-state index in [0.29, 0.717) is 18.4 Å². The van der Waals surface area contributed by atoms with Gasteiger partial charge in [0, 0.05) is 25.6 Å². The second-order valence-electron chi connectivity index (χ2n) is 4.74. The number of hydrogen-bond donors (Lipinski definition) is 1. The highest BCUT2D eigenvalue weighted by atomic mass is 16.2. The Morgan fingerprint density at radius 3 is 2.69 bits per heavy atom. The summed E-state index contributed by atoms with van der Waals surface area (Å²) in [5.74, 6) is 0.330. The van der Waals surface area contributed by atoms with Crippen LogP contribution in [0.4, 0.5) is 0 Å². The number of nitrogens with zero attached hydrogens (tertiary/aromatic N) is 1. The van der Waals surface area contributed by atoms with Crippen LogP contribution in [0.25, 0.3) is 0 Å². The Morgan fingerprint density at radius 1 is 1.31 bits per heavy atom. The van der Waals surface area contributed by atoms with Crippen molar-refractivity contribution in [2.24, 2.45) is 0 Å². The van der Waals surface area contributed by atoms with E-state index in [9.17, 15) is 4.79 Å². The van der Waals surface area contributed by atoms with Crippen molar-refractivity contribution in [3.8, 4) is 0 Å². The smallest absolute Gasteiger partial charge is 0.222 e. The van der Waals surface area contributed by atoms with Crippen LogP contribution in [0.5, 0.6) is 0 Å². The Morgan fingerprint density at radius 2 is 2.12 bits per heavy atom. The predicted octanol–water partition coefficient (Wildman–Crippen LogP) is 2.17. The molecule has 0 aliphatic carbocycles. The zero-order chi connectivity index (χ0) is 11.8. The Bertz CT molecular complexity index is 200. The van der Waals surface area contributed by atoms with Crippen LogP contribution in [-0.4, -0.2) is 36.5 Å². The van der Waals surface area contributed by atoms with E-state index in [4.69, 9.17) is 0 Å². The maximum atomic E-state index is 11.9. The maximum absolute atomic E-state index is 11.9. The molecule has 3 nitrogen and oxygen atoms in total. The van der Waals surface area contributed by atoms with Crippen molar-refractivity contribution >= 4 is 5.91 Å². The number of carbonyl (C=O) groups excluding carboxylic acids is 1. The van der Waals surface area contributed by atoms with E-state index < -0.39 is 0 Å². The normalized spacial score (nSPS) is 20.8. The molecule has 1 rings (SSSR count). The van der Waals surface area contributed by atoms with Gasteiger partial charge in [-0.15, -0.1) is 0 Å². The molecule has 1 amide bonds. The number of nitrogens with one attached hydrogen (secondary N) is 1. The second kappa shape index (κ2) is 7.66. The van der Waals surface area contributed by atoms with Crippen LogP contribution in [0, 0.1) is 0 Å². The largest absolute Gasteiger partial charge is 0.341 e. The molecule has 1 fully saturated rings. The first-order valence-corrected chi connectivity index (χ1v) is 6.79. The quantitative estimate of drug-likeness (QED) is 0.753. The Hall–Kier alpha value is -0.570. The van der Waals surface area contributed by atoms with E-state index in [2.05, 4.69) is 19.2 Å². The van der Waals surface area contributed by atoms with Crippen molar-refractivity contribution in [1.82, 2.24) is 10.2 Å². The van der Waals surface area contributed by atoms with Crippen LogP contribution in [0.15, 0.2) is 0 Å². The average Bonchev–Trinajstić information content (AvgIpc) is 2.30. The topological polar surface area (TPSA) is 32.3 Å². The molecule has 1 saturated heterocycles. The molecular formula is C13H26N2O. The summed E-state index contributed by atoms with van der Waals surface area (Å²) < 4.78 is 0. The molecule has 3 heteroatoms. The summed E-state index contributed by atoms with van der Waals surface area (Å²) in [4.78, 5) is 14.0. The third-order valence-corrected chi connectivity index (χ3v) is 3.16. The number of carbonyl (C=O) groups is 1. The zero-order valence-corrected chi connectivity index (χ0v) is 10.8. The number of piperidine rings is 1. The van der Waals surface area contributed by atoms with Gasteiger partial charge in [-0.2, -0.15) is 0 Å². The summed E-state index contributed by atoms with van der Waals surface area (Å²) in [6, 6.07) is 0.529. The number of hydrogen-bond acceptors (Lipinski definition) is 2. The molecule has 0 spiro atoms. The van der Waals surface area contributed by atoms with Crippen LogP contribution in [0.3, 0.4) is 0 Å². The lowest BCUT2D eigenvalue weighted by Gasteiger charge is -2.30. The summed E-state index contributed by atoms with van der Waals surface area (Å²) in [6.45, 7) is 7.15.